The number of nitrogens with one attached hydrogen (secondary N) is 1. The van der Waals surface area contributed by atoms with Crippen LogP contribution in [0, 0.1) is 0 Å². The maximum absolute atomic E-state index is 11.5. The van der Waals surface area contributed by atoms with Crippen molar-refractivity contribution in [2.75, 3.05) is 7.05 Å². The third kappa shape index (κ3) is 4.53. The van der Waals surface area contributed by atoms with E-state index in [9.17, 15) is 4.79 Å². The van der Waals surface area contributed by atoms with E-state index < -0.39 is 0 Å². The Hall–Kier alpha value is -1.29. The molecule has 1 aromatic heterocycles. The van der Waals surface area contributed by atoms with Crippen molar-refractivity contribution in [2.24, 2.45) is 0 Å². The Labute approximate surface area is 109 Å². The van der Waals surface area contributed by atoms with Crippen molar-refractivity contribution in [3.05, 3.63) is 24.0 Å². The first kappa shape index (κ1) is 14.8. The van der Waals surface area contributed by atoms with Crippen LogP contribution in [0.15, 0.2) is 18.5 Å². The zero-order chi connectivity index (χ0) is 13.5. The van der Waals surface area contributed by atoms with Gasteiger partial charge >= 0.3 is 5.97 Å². The number of ether oxygens (including phenoxy) is 1. The Morgan fingerprint density at radius 3 is 2.78 bits per heavy atom. The summed E-state index contributed by atoms with van der Waals surface area (Å²) in [7, 11) is 1.96. The zero-order valence-electron chi connectivity index (χ0n) is 11.8. The first-order chi connectivity index (χ1) is 8.56. The lowest BCUT2D eigenvalue weighted by Gasteiger charge is -2.13. The Balaban J connectivity index is 2.59. The molecule has 0 aromatic carbocycles. The second-order valence-electron chi connectivity index (χ2n) is 4.79. The molecule has 4 heteroatoms. The summed E-state index contributed by atoms with van der Waals surface area (Å²) in [5.41, 5.74) is 1.22. The fourth-order valence-corrected chi connectivity index (χ4v) is 1.98. The van der Waals surface area contributed by atoms with Crippen molar-refractivity contribution in [1.29, 1.82) is 0 Å². The zero-order valence-corrected chi connectivity index (χ0v) is 11.8. The lowest BCUT2D eigenvalue weighted by molar-refractivity contribution is -0.148. The molecule has 0 spiro atoms. The Kier molecular flexibility index (Phi) is 5.92. The van der Waals surface area contributed by atoms with Gasteiger partial charge in [0.1, 0.15) is 6.54 Å². The maximum atomic E-state index is 11.5. The number of esters is 1. The number of nitrogens with zero attached hydrogens (tertiary/aromatic N) is 1. The molecule has 1 rings (SSSR count). The van der Waals surface area contributed by atoms with Gasteiger partial charge in [-0.1, -0.05) is 13.3 Å². The van der Waals surface area contributed by atoms with Gasteiger partial charge < -0.3 is 14.6 Å². The van der Waals surface area contributed by atoms with Gasteiger partial charge in [0.15, 0.2) is 0 Å². The second kappa shape index (κ2) is 7.21. The van der Waals surface area contributed by atoms with Crippen molar-refractivity contribution >= 4 is 5.97 Å². The molecule has 0 radical (unpaired) electrons. The van der Waals surface area contributed by atoms with Crippen LogP contribution < -0.4 is 5.32 Å². The number of rotatable bonds is 7. The first-order valence-electron chi connectivity index (χ1n) is 6.59. The summed E-state index contributed by atoms with van der Waals surface area (Å²) in [6, 6.07) is 2.41. The minimum Gasteiger partial charge on any atom is -0.462 e. The molecule has 0 aliphatic heterocycles. The standard InChI is InChI=1S/C14H24N2O2/c1-5-6-13(15-4)12-7-8-16(9-12)10-14(17)18-11(2)3/h7-9,11,13,15H,5-6,10H2,1-4H3. The molecule has 0 saturated carbocycles. The number of carbonyl (C=O) groups is 1. The van der Waals surface area contributed by atoms with Crippen LogP contribution in [0.3, 0.4) is 0 Å². The van der Waals surface area contributed by atoms with Gasteiger partial charge in [-0.2, -0.15) is 0 Å². The summed E-state index contributed by atoms with van der Waals surface area (Å²) in [5, 5.41) is 3.29. The van der Waals surface area contributed by atoms with E-state index in [-0.39, 0.29) is 18.6 Å². The minimum atomic E-state index is -0.191. The molecule has 4 nitrogen and oxygen atoms in total. The van der Waals surface area contributed by atoms with Gasteiger partial charge in [0.25, 0.3) is 0 Å². The van der Waals surface area contributed by atoms with Crippen molar-refractivity contribution in [2.45, 2.75) is 52.3 Å². The maximum Gasteiger partial charge on any atom is 0.326 e. The van der Waals surface area contributed by atoms with Crippen LogP contribution in [-0.4, -0.2) is 23.7 Å². The highest BCUT2D eigenvalue weighted by atomic mass is 16.5. The van der Waals surface area contributed by atoms with Crippen LogP contribution >= 0.6 is 0 Å². The van der Waals surface area contributed by atoms with Crippen LogP contribution in [0.25, 0.3) is 0 Å². The molecule has 1 N–H and O–H groups in total. The molecule has 1 unspecified atom stereocenters. The molecule has 0 fully saturated rings. The van der Waals surface area contributed by atoms with Crippen LogP contribution in [0.1, 0.15) is 45.2 Å². The second-order valence-corrected chi connectivity index (χ2v) is 4.79. The molecular weight excluding hydrogens is 228 g/mol. The number of aromatic nitrogens is 1. The van der Waals surface area contributed by atoms with Gasteiger partial charge in [-0.3, -0.25) is 4.79 Å². The van der Waals surface area contributed by atoms with E-state index in [4.69, 9.17) is 4.74 Å². The summed E-state index contributed by atoms with van der Waals surface area (Å²) in [6.07, 6.45) is 6.11. The van der Waals surface area contributed by atoms with E-state index in [1.165, 1.54) is 5.56 Å². The average Bonchev–Trinajstić information content (AvgIpc) is 2.72. The average molecular weight is 252 g/mol. The van der Waals surface area contributed by atoms with E-state index in [0.29, 0.717) is 6.04 Å². The molecule has 0 saturated heterocycles. The van der Waals surface area contributed by atoms with Gasteiger partial charge in [0.05, 0.1) is 6.10 Å². The molecule has 0 aliphatic rings. The summed E-state index contributed by atoms with van der Waals surface area (Å²) >= 11 is 0. The van der Waals surface area contributed by atoms with Gasteiger partial charge in [-0.25, -0.2) is 0 Å². The fourth-order valence-electron chi connectivity index (χ4n) is 1.98. The highest BCUT2D eigenvalue weighted by Gasteiger charge is 2.11. The highest BCUT2D eigenvalue weighted by Crippen LogP contribution is 2.18. The van der Waals surface area contributed by atoms with Crippen LogP contribution in [0.2, 0.25) is 0 Å². The smallest absolute Gasteiger partial charge is 0.326 e. The van der Waals surface area contributed by atoms with E-state index >= 15 is 0 Å². The molecule has 0 aliphatic carbocycles. The quantitative estimate of drug-likeness (QED) is 0.758. The predicted molar refractivity (Wildman–Crippen MR) is 72.4 cm³/mol. The molecule has 1 heterocycles. The Morgan fingerprint density at radius 2 is 2.22 bits per heavy atom. The topological polar surface area (TPSA) is 43.3 Å². The van der Waals surface area contributed by atoms with E-state index in [1.54, 1.807) is 0 Å². The van der Waals surface area contributed by atoms with Crippen molar-refractivity contribution < 1.29 is 9.53 Å². The summed E-state index contributed by atoms with van der Waals surface area (Å²) in [4.78, 5) is 11.5. The molecule has 1 atom stereocenters. The third-order valence-electron chi connectivity index (χ3n) is 2.78. The Morgan fingerprint density at radius 1 is 1.50 bits per heavy atom. The molecule has 0 bridgehead atoms. The number of hydrogen-bond donors (Lipinski definition) is 1. The van der Waals surface area contributed by atoms with Crippen LogP contribution in [0.4, 0.5) is 0 Å². The van der Waals surface area contributed by atoms with Crippen molar-refractivity contribution in [3.63, 3.8) is 0 Å². The lowest BCUT2D eigenvalue weighted by atomic mass is 10.1. The van der Waals surface area contributed by atoms with Crippen LogP contribution in [-0.2, 0) is 16.1 Å². The molecule has 102 valence electrons. The van der Waals surface area contributed by atoms with Gasteiger partial charge in [-0.05, 0) is 38.9 Å². The molecule has 18 heavy (non-hydrogen) atoms. The lowest BCUT2D eigenvalue weighted by Crippen LogP contribution is -2.17. The van der Waals surface area contributed by atoms with Gasteiger partial charge in [0.2, 0.25) is 0 Å². The summed E-state index contributed by atoms with van der Waals surface area (Å²) < 4.78 is 7.00. The van der Waals surface area contributed by atoms with Crippen molar-refractivity contribution in [3.8, 4) is 0 Å². The monoisotopic (exact) mass is 252 g/mol. The highest BCUT2D eigenvalue weighted by molar-refractivity contribution is 5.69. The fraction of sp³-hybridized carbons (Fsp3) is 0.643. The first-order valence-corrected chi connectivity index (χ1v) is 6.59. The molecular formula is C14H24N2O2. The van der Waals surface area contributed by atoms with E-state index in [0.717, 1.165) is 12.8 Å². The Bertz CT molecular complexity index is 372. The predicted octanol–water partition coefficient (Wildman–Crippen LogP) is 2.50. The summed E-state index contributed by atoms with van der Waals surface area (Å²) in [6.45, 7) is 6.16. The number of carbonyl (C=O) groups excluding carboxylic acids is 1. The van der Waals surface area contributed by atoms with E-state index in [1.807, 2.05) is 37.9 Å². The SMILES string of the molecule is CCCC(NC)c1ccn(CC(=O)OC(C)C)c1. The molecule has 0 amide bonds. The van der Waals surface area contributed by atoms with Crippen molar-refractivity contribution in [1.82, 2.24) is 9.88 Å². The van der Waals surface area contributed by atoms with Crippen LogP contribution in [0.5, 0.6) is 0 Å². The third-order valence-corrected chi connectivity index (χ3v) is 2.78. The largest absolute Gasteiger partial charge is 0.462 e. The van der Waals surface area contributed by atoms with Gasteiger partial charge in [0, 0.05) is 18.4 Å². The normalized spacial score (nSPS) is 12.7. The number of hydrogen-bond acceptors (Lipinski definition) is 3. The van der Waals surface area contributed by atoms with E-state index in [2.05, 4.69) is 18.3 Å². The molecule has 1 aromatic rings. The van der Waals surface area contributed by atoms with Gasteiger partial charge in [-0.15, -0.1) is 0 Å². The summed E-state index contributed by atoms with van der Waals surface area (Å²) in [5.74, 6) is -0.191. The minimum absolute atomic E-state index is 0.0577.